The number of anilines is 1. The van der Waals surface area contributed by atoms with Crippen LogP contribution in [0, 0.1) is 6.92 Å². The molecular weight excluding hydrogens is 244 g/mol. The van der Waals surface area contributed by atoms with Gasteiger partial charge < -0.3 is 16.1 Å². The van der Waals surface area contributed by atoms with Crippen LogP contribution in [0.5, 0.6) is 0 Å². The summed E-state index contributed by atoms with van der Waals surface area (Å²) in [5.74, 6) is 4.83. The number of nitrogens with one attached hydrogen (secondary N) is 3. The first-order valence-corrected chi connectivity index (χ1v) is 6.20. The normalized spacial score (nSPS) is 9.84. The number of amides is 2. The summed E-state index contributed by atoms with van der Waals surface area (Å²) < 4.78 is 0. The van der Waals surface area contributed by atoms with Gasteiger partial charge in [-0.2, -0.15) is 0 Å². The monoisotopic (exact) mass is 264 g/mol. The lowest BCUT2D eigenvalue weighted by Gasteiger charge is -2.09. The number of carbonyl (C=O) groups excluding carboxylic acids is 2. The number of hydrogen-bond donors (Lipinski definition) is 4. The van der Waals surface area contributed by atoms with E-state index >= 15 is 0 Å². The van der Waals surface area contributed by atoms with Gasteiger partial charge in [-0.15, -0.1) is 0 Å². The summed E-state index contributed by atoms with van der Waals surface area (Å²) >= 11 is 0. The summed E-state index contributed by atoms with van der Waals surface area (Å²) in [6.45, 7) is 4.38. The summed E-state index contributed by atoms with van der Waals surface area (Å²) in [4.78, 5) is 23.3. The largest absolute Gasteiger partial charge is 0.355 e. The van der Waals surface area contributed by atoms with Crippen LogP contribution in [-0.4, -0.2) is 24.9 Å². The van der Waals surface area contributed by atoms with Gasteiger partial charge in [0.1, 0.15) is 0 Å². The molecule has 0 bridgehead atoms. The van der Waals surface area contributed by atoms with Crippen molar-refractivity contribution in [3.63, 3.8) is 0 Å². The standard InChI is InChI=1S/C13H20N4O2/c1-3-6-15-12(18)8-16-13(19)11-5-4-10(17-14)7-9(11)2/h4-5,7,17H,3,6,8,14H2,1-2H3,(H,15,18)(H,16,19). The van der Waals surface area contributed by atoms with Gasteiger partial charge in [-0.1, -0.05) is 6.92 Å². The Kier molecular flexibility index (Phi) is 5.81. The molecule has 0 fully saturated rings. The van der Waals surface area contributed by atoms with Crippen molar-refractivity contribution in [2.75, 3.05) is 18.5 Å². The van der Waals surface area contributed by atoms with E-state index in [1.54, 1.807) is 18.2 Å². The van der Waals surface area contributed by atoms with E-state index in [2.05, 4.69) is 16.1 Å². The maximum absolute atomic E-state index is 11.9. The van der Waals surface area contributed by atoms with Crippen molar-refractivity contribution in [2.45, 2.75) is 20.3 Å². The highest BCUT2D eigenvalue weighted by atomic mass is 16.2. The third kappa shape index (κ3) is 4.59. The van der Waals surface area contributed by atoms with E-state index < -0.39 is 0 Å². The zero-order valence-electron chi connectivity index (χ0n) is 11.2. The number of benzene rings is 1. The van der Waals surface area contributed by atoms with Crippen LogP contribution in [0.4, 0.5) is 5.69 Å². The maximum Gasteiger partial charge on any atom is 0.251 e. The molecule has 0 aromatic heterocycles. The van der Waals surface area contributed by atoms with E-state index in [-0.39, 0.29) is 18.4 Å². The topological polar surface area (TPSA) is 96.2 Å². The van der Waals surface area contributed by atoms with Gasteiger partial charge in [-0.25, -0.2) is 0 Å². The smallest absolute Gasteiger partial charge is 0.251 e. The predicted molar refractivity (Wildman–Crippen MR) is 74.6 cm³/mol. The average molecular weight is 264 g/mol. The summed E-state index contributed by atoms with van der Waals surface area (Å²) in [5, 5.41) is 5.28. The maximum atomic E-state index is 11.9. The van der Waals surface area contributed by atoms with Crippen molar-refractivity contribution in [1.82, 2.24) is 10.6 Å². The average Bonchev–Trinajstić information content (AvgIpc) is 2.42. The minimum absolute atomic E-state index is 0.0187. The Morgan fingerprint density at radius 3 is 2.58 bits per heavy atom. The highest BCUT2D eigenvalue weighted by molar-refractivity contribution is 5.98. The second kappa shape index (κ2) is 7.38. The van der Waals surface area contributed by atoms with Crippen LogP contribution in [0.25, 0.3) is 0 Å². The number of nitrogens with two attached hydrogens (primary N) is 1. The van der Waals surface area contributed by atoms with Crippen molar-refractivity contribution >= 4 is 17.5 Å². The van der Waals surface area contributed by atoms with Crippen molar-refractivity contribution in [3.8, 4) is 0 Å². The van der Waals surface area contributed by atoms with Crippen LogP contribution in [0.15, 0.2) is 18.2 Å². The lowest BCUT2D eigenvalue weighted by Crippen LogP contribution is -2.37. The molecule has 0 spiro atoms. The first-order valence-electron chi connectivity index (χ1n) is 6.20. The summed E-state index contributed by atoms with van der Waals surface area (Å²) in [6.07, 6.45) is 0.867. The van der Waals surface area contributed by atoms with Gasteiger partial charge in [-0.05, 0) is 37.1 Å². The van der Waals surface area contributed by atoms with Crippen molar-refractivity contribution in [1.29, 1.82) is 0 Å². The molecule has 0 unspecified atom stereocenters. The number of aryl methyl sites for hydroxylation is 1. The number of carbonyl (C=O) groups is 2. The molecule has 0 atom stereocenters. The highest BCUT2D eigenvalue weighted by Crippen LogP contribution is 2.13. The van der Waals surface area contributed by atoms with E-state index in [4.69, 9.17) is 5.84 Å². The van der Waals surface area contributed by atoms with E-state index in [0.717, 1.165) is 17.7 Å². The molecule has 0 heterocycles. The summed E-state index contributed by atoms with van der Waals surface area (Å²) in [7, 11) is 0. The fourth-order valence-electron chi connectivity index (χ4n) is 1.59. The molecule has 2 amide bonds. The van der Waals surface area contributed by atoms with Crippen LogP contribution in [0.2, 0.25) is 0 Å². The fourth-order valence-corrected chi connectivity index (χ4v) is 1.59. The van der Waals surface area contributed by atoms with Gasteiger partial charge in [0, 0.05) is 17.8 Å². The quantitative estimate of drug-likeness (QED) is 0.445. The van der Waals surface area contributed by atoms with Crippen LogP contribution < -0.4 is 21.9 Å². The van der Waals surface area contributed by atoms with E-state index in [9.17, 15) is 9.59 Å². The third-order valence-corrected chi connectivity index (χ3v) is 2.62. The number of rotatable bonds is 6. The van der Waals surface area contributed by atoms with E-state index in [1.807, 2.05) is 13.8 Å². The fraction of sp³-hybridized carbons (Fsp3) is 0.385. The molecule has 1 aromatic carbocycles. The molecule has 0 aliphatic rings. The molecule has 19 heavy (non-hydrogen) atoms. The van der Waals surface area contributed by atoms with Crippen molar-refractivity contribution in [2.24, 2.45) is 5.84 Å². The summed E-state index contributed by atoms with van der Waals surface area (Å²) in [5.41, 5.74) is 4.57. The lowest BCUT2D eigenvalue weighted by atomic mass is 10.1. The van der Waals surface area contributed by atoms with E-state index in [1.165, 1.54) is 0 Å². The zero-order chi connectivity index (χ0) is 14.3. The molecule has 0 aliphatic heterocycles. The number of nitrogen functional groups attached to an aromatic ring is 1. The SMILES string of the molecule is CCCNC(=O)CNC(=O)c1ccc(NN)cc1C. The van der Waals surface area contributed by atoms with Crippen LogP contribution in [0.1, 0.15) is 29.3 Å². The molecule has 0 saturated heterocycles. The Balaban J connectivity index is 2.56. The van der Waals surface area contributed by atoms with Crippen molar-refractivity contribution < 1.29 is 9.59 Å². The number of hydrogen-bond acceptors (Lipinski definition) is 4. The van der Waals surface area contributed by atoms with Gasteiger partial charge in [0.25, 0.3) is 5.91 Å². The van der Waals surface area contributed by atoms with Crippen LogP contribution in [-0.2, 0) is 4.79 Å². The Hall–Kier alpha value is -2.08. The molecule has 104 valence electrons. The van der Waals surface area contributed by atoms with Gasteiger partial charge in [-0.3, -0.25) is 15.4 Å². The first-order chi connectivity index (χ1) is 9.08. The predicted octanol–water partition coefficient (Wildman–Crippen LogP) is 0.537. The molecule has 5 N–H and O–H groups in total. The van der Waals surface area contributed by atoms with Gasteiger partial charge in [0.15, 0.2) is 0 Å². The Bertz CT molecular complexity index is 460. The molecule has 0 radical (unpaired) electrons. The van der Waals surface area contributed by atoms with Crippen LogP contribution in [0.3, 0.4) is 0 Å². The van der Waals surface area contributed by atoms with Gasteiger partial charge >= 0.3 is 0 Å². The molecule has 0 aliphatic carbocycles. The number of hydrazine groups is 1. The van der Waals surface area contributed by atoms with Crippen molar-refractivity contribution in [3.05, 3.63) is 29.3 Å². The van der Waals surface area contributed by atoms with Crippen LogP contribution >= 0.6 is 0 Å². The summed E-state index contributed by atoms with van der Waals surface area (Å²) in [6, 6.07) is 5.15. The Morgan fingerprint density at radius 1 is 1.26 bits per heavy atom. The molecule has 1 rings (SSSR count). The van der Waals surface area contributed by atoms with Gasteiger partial charge in [0.2, 0.25) is 5.91 Å². The second-order valence-electron chi connectivity index (χ2n) is 4.21. The molecular formula is C13H20N4O2. The minimum Gasteiger partial charge on any atom is -0.355 e. The third-order valence-electron chi connectivity index (χ3n) is 2.62. The van der Waals surface area contributed by atoms with Gasteiger partial charge in [0.05, 0.1) is 6.54 Å². The first kappa shape index (κ1) is 15.0. The highest BCUT2D eigenvalue weighted by Gasteiger charge is 2.10. The lowest BCUT2D eigenvalue weighted by molar-refractivity contribution is -0.120. The minimum atomic E-state index is -0.271. The van der Waals surface area contributed by atoms with E-state index in [0.29, 0.717) is 12.1 Å². The molecule has 6 nitrogen and oxygen atoms in total. The molecule has 6 heteroatoms. The second-order valence-corrected chi connectivity index (χ2v) is 4.21. The Morgan fingerprint density at radius 2 is 2.00 bits per heavy atom. The zero-order valence-corrected chi connectivity index (χ0v) is 11.2. The Labute approximate surface area is 112 Å². The molecule has 1 aromatic rings. The molecule has 0 saturated carbocycles.